The molecule has 0 aliphatic carbocycles. The van der Waals surface area contributed by atoms with Gasteiger partial charge in [-0.05, 0) is 24.3 Å². The van der Waals surface area contributed by atoms with Crippen LogP contribution in [0.15, 0.2) is 60.0 Å². The Balaban J connectivity index is 1.38. The zero-order valence-corrected chi connectivity index (χ0v) is 15.8. The normalized spacial score (nSPS) is 15.2. The summed E-state index contributed by atoms with van der Waals surface area (Å²) in [5, 5.41) is 3.20. The second kappa shape index (κ2) is 7.89. The number of thiazole rings is 1. The van der Waals surface area contributed by atoms with Crippen LogP contribution in [0.5, 0.6) is 5.75 Å². The van der Waals surface area contributed by atoms with Crippen molar-refractivity contribution in [2.75, 3.05) is 38.2 Å². The van der Waals surface area contributed by atoms with Crippen LogP contribution in [0, 0.1) is 0 Å². The first kappa shape index (κ1) is 17.1. The summed E-state index contributed by atoms with van der Waals surface area (Å²) >= 11 is 1.69. The highest BCUT2D eigenvalue weighted by atomic mass is 32.1. The van der Waals surface area contributed by atoms with E-state index in [1.807, 2.05) is 18.2 Å². The van der Waals surface area contributed by atoms with Crippen LogP contribution in [-0.4, -0.2) is 43.2 Å². The number of ether oxygens (including phenoxy) is 1. The Morgan fingerprint density at radius 2 is 1.69 bits per heavy atom. The van der Waals surface area contributed by atoms with Crippen LogP contribution in [0.4, 0.5) is 5.69 Å². The van der Waals surface area contributed by atoms with Crippen LogP contribution >= 0.6 is 11.3 Å². The van der Waals surface area contributed by atoms with Crippen molar-refractivity contribution in [1.82, 2.24) is 9.88 Å². The number of hydrogen-bond acceptors (Lipinski definition) is 5. The first-order valence-corrected chi connectivity index (χ1v) is 9.81. The van der Waals surface area contributed by atoms with E-state index in [0.29, 0.717) is 0 Å². The molecule has 0 saturated carbocycles. The minimum atomic E-state index is 0.880. The van der Waals surface area contributed by atoms with E-state index >= 15 is 0 Å². The Labute approximate surface area is 158 Å². The van der Waals surface area contributed by atoms with Gasteiger partial charge in [0.15, 0.2) is 0 Å². The molecule has 3 aromatic rings. The lowest BCUT2D eigenvalue weighted by atomic mass is 10.2. The average Bonchev–Trinajstić information content (AvgIpc) is 3.17. The zero-order valence-electron chi connectivity index (χ0n) is 15.0. The maximum atomic E-state index is 5.46. The van der Waals surface area contributed by atoms with Crippen molar-refractivity contribution in [2.45, 2.75) is 6.54 Å². The molecule has 0 N–H and O–H groups in total. The fourth-order valence-electron chi connectivity index (χ4n) is 3.36. The standard InChI is InChI=1S/C21H23N3OS/c1-25-20-10-6-5-9-19(20)21-22-17(16-26-21)15-23-11-13-24(14-12-23)18-7-3-2-4-8-18/h2-10,16H,11-15H2,1H3. The number of para-hydroxylation sites is 2. The van der Waals surface area contributed by atoms with Crippen molar-refractivity contribution in [3.63, 3.8) is 0 Å². The monoisotopic (exact) mass is 365 g/mol. The predicted molar refractivity (Wildman–Crippen MR) is 108 cm³/mol. The number of rotatable bonds is 5. The van der Waals surface area contributed by atoms with Crippen LogP contribution in [0.2, 0.25) is 0 Å². The summed E-state index contributed by atoms with van der Waals surface area (Å²) in [6.45, 7) is 5.17. The van der Waals surface area contributed by atoms with Gasteiger partial charge in [-0.2, -0.15) is 0 Å². The molecule has 5 heteroatoms. The Kier molecular flexibility index (Phi) is 5.18. The summed E-state index contributed by atoms with van der Waals surface area (Å²) in [5.41, 5.74) is 3.53. The average molecular weight is 366 g/mol. The quantitative estimate of drug-likeness (QED) is 0.679. The van der Waals surface area contributed by atoms with E-state index in [-0.39, 0.29) is 0 Å². The molecule has 1 aromatic heterocycles. The maximum Gasteiger partial charge on any atom is 0.129 e. The number of piperazine rings is 1. The predicted octanol–water partition coefficient (Wildman–Crippen LogP) is 4.14. The number of methoxy groups -OCH3 is 1. The number of benzene rings is 2. The van der Waals surface area contributed by atoms with E-state index in [1.165, 1.54) is 5.69 Å². The molecule has 0 bridgehead atoms. The van der Waals surface area contributed by atoms with E-state index in [9.17, 15) is 0 Å². The maximum absolute atomic E-state index is 5.46. The topological polar surface area (TPSA) is 28.6 Å². The third-order valence-corrected chi connectivity index (χ3v) is 5.69. The minimum absolute atomic E-state index is 0.880. The summed E-state index contributed by atoms with van der Waals surface area (Å²) < 4.78 is 5.46. The fraction of sp³-hybridized carbons (Fsp3) is 0.286. The Bertz CT molecular complexity index is 841. The molecule has 1 saturated heterocycles. The number of nitrogens with zero attached hydrogens (tertiary/aromatic N) is 3. The number of anilines is 1. The molecule has 0 unspecified atom stereocenters. The summed E-state index contributed by atoms with van der Waals surface area (Å²) in [6.07, 6.45) is 0. The van der Waals surface area contributed by atoms with Gasteiger partial charge in [0.05, 0.1) is 18.4 Å². The Morgan fingerprint density at radius 1 is 0.962 bits per heavy atom. The van der Waals surface area contributed by atoms with Crippen LogP contribution in [-0.2, 0) is 6.54 Å². The first-order chi connectivity index (χ1) is 12.8. The lowest BCUT2D eigenvalue weighted by molar-refractivity contribution is 0.247. The first-order valence-electron chi connectivity index (χ1n) is 8.93. The van der Waals surface area contributed by atoms with Gasteiger partial charge in [0.2, 0.25) is 0 Å². The molecule has 0 spiro atoms. The van der Waals surface area contributed by atoms with Crippen molar-refractivity contribution in [3.8, 4) is 16.3 Å². The van der Waals surface area contributed by atoms with Crippen LogP contribution in [0.3, 0.4) is 0 Å². The van der Waals surface area contributed by atoms with Gasteiger partial charge in [0.1, 0.15) is 10.8 Å². The van der Waals surface area contributed by atoms with E-state index < -0.39 is 0 Å². The van der Waals surface area contributed by atoms with Gasteiger partial charge < -0.3 is 9.64 Å². The van der Waals surface area contributed by atoms with E-state index in [2.05, 4.69) is 51.6 Å². The van der Waals surface area contributed by atoms with Gasteiger partial charge in [-0.25, -0.2) is 4.98 Å². The lowest BCUT2D eigenvalue weighted by Gasteiger charge is -2.35. The van der Waals surface area contributed by atoms with Gasteiger partial charge in [0, 0.05) is 43.8 Å². The Hall–Kier alpha value is -2.37. The van der Waals surface area contributed by atoms with Crippen molar-refractivity contribution in [3.05, 3.63) is 65.7 Å². The highest BCUT2D eigenvalue weighted by Crippen LogP contribution is 2.32. The summed E-state index contributed by atoms with van der Waals surface area (Å²) in [7, 11) is 1.71. The number of hydrogen-bond donors (Lipinski definition) is 0. The molecule has 0 amide bonds. The lowest BCUT2D eigenvalue weighted by Crippen LogP contribution is -2.46. The highest BCUT2D eigenvalue weighted by Gasteiger charge is 2.18. The largest absolute Gasteiger partial charge is 0.496 e. The molecule has 0 atom stereocenters. The summed E-state index contributed by atoms with van der Waals surface area (Å²) in [4.78, 5) is 9.79. The third kappa shape index (κ3) is 3.74. The summed E-state index contributed by atoms with van der Waals surface area (Å²) in [5.74, 6) is 0.880. The highest BCUT2D eigenvalue weighted by molar-refractivity contribution is 7.13. The van der Waals surface area contributed by atoms with Crippen LogP contribution in [0.25, 0.3) is 10.6 Å². The third-order valence-electron chi connectivity index (χ3n) is 4.77. The fourth-order valence-corrected chi connectivity index (χ4v) is 4.20. The molecule has 4 nitrogen and oxygen atoms in total. The summed E-state index contributed by atoms with van der Waals surface area (Å²) in [6, 6.07) is 18.7. The second-order valence-corrected chi connectivity index (χ2v) is 7.30. The van der Waals surface area contributed by atoms with Crippen molar-refractivity contribution < 1.29 is 4.74 Å². The molecular formula is C21H23N3OS. The van der Waals surface area contributed by atoms with Crippen LogP contribution in [0.1, 0.15) is 5.69 Å². The smallest absolute Gasteiger partial charge is 0.129 e. The van der Waals surface area contributed by atoms with Gasteiger partial charge in [-0.15, -0.1) is 11.3 Å². The molecular weight excluding hydrogens is 342 g/mol. The second-order valence-electron chi connectivity index (χ2n) is 6.44. The number of aromatic nitrogens is 1. The van der Waals surface area contributed by atoms with E-state index in [4.69, 9.17) is 9.72 Å². The van der Waals surface area contributed by atoms with Gasteiger partial charge >= 0.3 is 0 Å². The SMILES string of the molecule is COc1ccccc1-c1nc(CN2CCN(c3ccccc3)CC2)cs1. The zero-order chi connectivity index (χ0) is 17.8. The van der Waals surface area contributed by atoms with Gasteiger partial charge in [-0.1, -0.05) is 30.3 Å². The Morgan fingerprint density at radius 3 is 2.46 bits per heavy atom. The molecule has 2 heterocycles. The molecule has 0 radical (unpaired) electrons. The van der Waals surface area contributed by atoms with E-state index in [1.54, 1.807) is 18.4 Å². The molecule has 26 heavy (non-hydrogen) atoms. The van der Waals surface area contributed by atoms with Crippen molar-refractivity contribution in [1.29, 1.82) is 0 Å². The molecule has 4 rings (SSSR count). The van der Waals surface area contributed by atoms with Crippen molar-refractivity contribution >= 4 is 17.0 Å². The molecule has 1 aliphatic heterocycles. The van der Waals surface area contributed by atoms with Gasteiger partial charge in [-0.3, -0.25) is 4.90 Å². The molecule has 2 aromatic carbocycles. The van der Waals surface area contributed by atoms with Crippen LogP contribution < -0.4 is 9.64 Å². The molecule has 1 fully saturated rings. The van der Waals surface area contributed by atoms with Gasteiger partial charge in [0.25, 0.3) is 0 Å². The van der Waals surface area contributed by atoms with E-state index in [0.717, 1.165) is 54.7 Å². The van der Waals surface area contributed by atoms with Crippen molar-refractivity contribution in [2.24, 2.45) is 0 Å². The molecule has 134 valence electrons. The minimum Gasteiger partial charge on any atom is -0.496 e. The molecule has 1 aliphatic rings.